The van der Waals surface area contributed by atoms with Crippen molar-refractivity contribution in [1.82, 2.24) is 0 Å². The highest BCUT2D eigenvalue weighted by Gasteiger charge is 2.21. The third-order valence-corrected chi connectivity index (χ3v) is 2.58. The van der Waals surface area contributed by atoms with Crippen LogP contribution in [0.2, 0.25) is 0 Å². The van der Waals surface area contributed by atoms with E-state index in [2.05, 4.69) is 6.92 Å². The number of halogens is 1. The van der Waals surface area contributed by atoms with Crippen LogP contribution in [-0.2, 0) is 0 Å². The first kappa shape index (κ1) is 9.28. The fourth-order valence-electron chi connectivity index (χ4n) is 0.799. The minimum absolute atomic E-state index is 0.116. The van der Waals surface area contributed by atoms with Crippen LogP contribution in [0.15, 0.2) is 0 Å². The van der Waals surface area contributed by atoms with Crippen molar-refractivity contribution in [2.75, 3.05) is 0 Å². The summed E-state index contributed by atoms with van der Waals surface area (Å²) in [5, 5.41) is 0. The average Bonchev–Trinajstić information content (AvgIpc) is 1.89. The predicted octanol–water partition coefficient (Wildman–Crippen LogP) is 3.57. The van der Waals surface area contributed by atoms with Crippen molar-refractivity contribution in [3.8, 4) is 0 Å². The molecule has 9 heavy (non-hydrogen) atoms. The molecule has 0 aromatic rings. The van der Waals surface area contributed by atoms with Gasteiger partial charge in [-0.2, -0.15) is 3.89 Å². The molecular formula is C7H15FS. The summed E-state index contributed by atoms with van der Waals surface area (Å²) >= 11 is 0.497. The first-order valence-electron chi connectivity index (χ1n) is 3.48. The van der Waals surface area contributed by atoms with Crippen molar-refractivity contribution in [3.63, 3.8) is 0 Å². The molecule has 1 unspecified atom stereocenters. The maximum absolute atomic E-state index is 12.1. The molecule has 0 rings (SSSR count). The zero-order valence-electron chi connectivity index (χ0n) is 6.41. The van der Waals surface area contributed by atoms with Crippen LogP contribution in [0.4, 0.5) is 3.89 Å². The SMILES string of the molecule is CCCC(C)(CC)SF. The van der Waals surface area contributed by atoms with Gasteiger partial charge in [-0.1, -0.05) is 20.3 Å². The summed E-state index contributed by atoms with van der Waals surface area (Å²) < 4.78 is 12.0. The van der Waals surface area contributed by atoms with E-state index < -0.39 is 0 Å². The van der Waals surface area contributed by atoms with Gasteiger partial charge in [0.25, 0.3) is 0 Å². The summed E-state index contributed by atoms with van der Waals surface area (Å²) in [6, 6.07) is 0. The standard InChI is InChI=1S/C7H15FS/c1-4-6-7(3,5-2)9-8/h4-6H2,1-3H3. The van der Waals surface area contributed by atoms with Crippen LogP contribution >= 0.6 is 12.1 Å². The van der Waals surface area contributed by atoms with E-state index in [4.69, 9.17) is 0 Å². The average molecular weight is 150 g/mol. The fourth-order valence-corrected chi connectivity index (χ4v) is 1.19. The summed E-state index contributed by atoms with van der Waals surface area (Å²) in [5.74, 6) is 0. The van der Waals surface area contributed by atoms with Crippen molar-refractivity contribution in [1.29, 1.82) is 0 Å². The Morgan fingerprint density at radius 3 is 2.11 bits per heavy atom. The summed E-state index contributed by atoms with van der Waals surface area (Å²) in [6.45, 7) is 6.09. The third-order valence-electron chi connectivity index (χ3n) is 1.71. The van der Waals surface area contributed by atoms with E-state index >= 15 is 0 Å². The zero-order chi connectivity index (χ0) is 7.33. The van der Waals surface area contributed by atoms with Crippen molar-refractivity contribution in [2.24, 2.45) is 0 Å². The van der Waals surface area contributed by atoms with Gasteiger partial charge in [-0.05, 0) is 19.8 Å². The predicted molar refractivity (Wildman–Crippen MR) is 42.3 cm³/mol. The molecule has 1 atom stereocenters. The smallest absolute Gasteiger partial charge is 0.0508 e. The van der Waals surface area contributed by atoms with Crippen molar-refractivity contribution in [3.05, 3.63) is 0 Å². The molecule has 0 nitrogen and oxygen atoms in total. The molecule has 56 valence electrons. The number of rotatable bonds is 4. The van der Waals surface area contributed by atoms with Crippen LogP contribution in [0.3, 0.4) is 0 Å². The molecule has 0 N–H and O–H groups in total. The lowest BCUT2D eigenvalue weighted by atomic mass is 10.0. The maximum atomic E-state index is 12.1. The van der Waals surface area contributed by atoms with Crippen LogP contribution in [0, 0.1) is 0 Å². The van der Waals surface area contributed by atoms with Gasteiger partial charge in [-0.25, -0.2) is 0 Å². The minimum atomic E-state index is -0.116. The Morgan fingerprint density at radius 1 is 1.44 bits per heavy atom. The van der Waals surface area contributed by atoms with Gasteiger partial charge in [0.15, 0.2) is 0 Å². The van der Waals surface area contributed by atoms with E-state index in [1.807, 2.05) is 13.8 Å². The minimum Gasteiger partial charge on any atom is -0.165 e. The Hall–Kier alpha value is 0.280. The van der Waals surface area contributed by atoms with Gasteiger partial charge in [0.1, 0.15) is 0 Å². The lowest BCUT2D eigenvalue weighted by Gasteiger charge is -2.21. The maximum Gasteiger partial charge on any atom is 0.0508 e. The molecule has 0 fully saturated rings. The highest BCUT2D eigenvalue weighted by atomic mass is 32.2. The Labute approximate surface area is 61.5 Å². The quantitative estimate of drug-likeness (QED) is 0.590. The molecule has 0 radical (unpaired) electrons. The number of hydrogen-bond acceptors (Lipinski definition) is 1. The lowest BCUT2D eigenvalue weighted by molar-refractivity contribution is 0.548. The highest BCUT2D eigenvalue weighted by molar-refractivity contribution is 7.95. The van der Waals surface area contributed by atoms with Crippen LogP contribution in [0.5, 0.6) is 0 Å². The molecule has 0 saturated heterocycles. The van der Waals surface area contributed by atoms with Crippen molar-refractivity contribution >= 4 is 12.1 Å². The molecule has 0 spiro atoms. The summed E-state index contributed by atoms with van der Waals surface area (Å²) in [5.41, 5.74) is 0. The Bertz CT molecular complexity index is 69.3. The van der Waals surface area contributed by atoms with Gasteiger partial charge >= 0.3 is 0 Å². The van der Waals surface area contributed by atoms with E-state index in [0.717, 1.165) is 19.3 Å². The molecule has 0 saturated carbocycles. The first-order chi connectivity index (χ1) is 4.18. The van der Waals surface area contributed by atoms with E-state index in [0.29, 0.717) is 12.1 Å². The second-order valence-corrected chi connectivity index (χ2v) is 3.77. The molecule has 0 heterocycles. The summed E-state index contributed by atoms with van der Waals surface area (Å²) in [4.78, 5) is 0. The summed E-state index contributed by atoms with van der Waals surface area (Å²) in [6.07, 6.45) is 2.97. The third kappa shape index (κ3) is 3.09. The summed E-state index contributed by atoms with van der Waals surface area (Å²) in [7, 11) is 0. The first-order valence-corrected chi connectivity index (χ1v) is 4.20. The Balaban J connectivity index is 3.62. The van der Waals surface area contributed by atoms with Crippen molar-refractivity contribution in [2.45, 2.75) is 44.8 Å². The van der Waals surface area contributed by atoms with E-state index in [1.165, 1.54) is 0 Å². The second kappa shape index (κ2) is 4.15. The zero-order valence-corrected chi connectivity index (χ0v) is 7.22. The molecule has 0 aliphatic heterocycles. The fraction of sp³-hybridized carbons (Fsp3) is 1.00. The normalized spacial score (nSPS) is 17.3. The second-order valence-electron chi connectivity index (χ2n) is 2.63. The van der Waals surface area contributed by atoms with E-state index in [9.17, 15) is 3.89 Å². The van der Waals surface area contributed by atoms with E-state index in [-0.39, 0.29) is 4.75 Å². The van der Waals surface area contributed by atoms with Crippen molar-refractivity contribution < 1.29 is 3.89 Å². The Morgan fingerprint density at radius 2 is 2.00 bits per heavy atom. The largest absolute Gasteiger partial charge is 0.165 e. The molecule has 0 aromatic heterocycles. The molecule has 0 aromatic carbocycles. The van der Waals surface area contributed by atoms with Crippen LogP contribution in [0.25, 0.3) is 0 Å². The van der Waals surface area contributed by atoms with Gasteiger partial charge < -0.3 is 0 Å². The van der Waals surface area contributed by atoms with Crippen LogP contribution in [0.1, 0.15) is 40.0 Å². The van der Waals surface area contributed by atoms with Crippen LogP contribution in [-0.4, -0.2) is 4.75 Å². The van der Waals surface area contributed by atoms with Gasteiger partial charge in [0.2, 0.25) is 0 Å². The Kier molecular flexibility index (Phi) is 4.28. The monoisotopic (exact) mass is 150 g/mol. The van der Waals surface area contributed by atoms with Gasteiger partial charge in [0, 0.05) is 4.75 Å². The molecular weight excluding hydrogens is 135 g/mol. The number of hydrogen-bond donors (Lipinski definition) is 0. The van der Waals surface area contributed by atoms with Gasteiger partial charge in [-0.3, -0.25) is 0 Å². The molecule has 2 heteroatoms. The lowest BCUT2D eigenvalue weighted by Crippen LogP contribution is -2.16. The molecule has 0 aliphatic carbocycles. The molecule has 0 aliphatic rings. The van der Waals surface area contributed by atoms with Gasteiger partial charge in [-0.15, -0.1) is 0 Å². The molecule has 0 amide bonds. The highest BCUT2D eigenvalue weighted by Crippen LogP contribution is 2.33. The topological polar surface area (TPSA) is 0 Å². The van der Waals surface area contributed by atoms with Gasteiger partial charge in [0.05, 0.1) is 12.1 Å². The molecule has 0 bridgehead atoms. The van der Waals surface area contributed by atoms with E-state index in [1.54, 1.807) is 0 Å². The van der Waals surface area contributed by atoms with Crippen LogP contribution < -0.4 is 0 Å².